The second-order valence-corrected chi connectivity index (χ2v) is 25.7. The molecular formula is C73H90N20O16. The predicted octanol–water partition coefficient (Wildman–Crippen LogP) is -3.69. The fourth-order valence-corrected chi connectivity index (χ4v) is 11.4. The summed E-state index contributed by atoms with van der Waals surface area (Å²) in [6, 6.07) is 17.7. The van der Waals surface area contributed by atoms with Gasteiger partial charge < -0.3 is 112 Å². The molecule has 0 spiro atoms. The molecule has 0 aliphatic carbocycles. The molecular weight excluding hydrogens is 1410 g/mol. The fraction of sp³-hybridized carbons (Fsp3) is 0.329. The number of aromatic amines is 2. The molecule has 578 valence electrons. The molecule has 0 radical (unpaired) electrons. The average Bonchev–Trinajstić information content (AvgIpc) is 1.73. The third-order valence-electron chi connectivity index (χ3n) is 17.2. The molecule has 5 aromatic carbocycles. The van der Waals surface area contributed by atoms with Crippen LogP contribution in [0.15, 0.2) is 152 Å². The summed E-state index contributed by atoms with van der Waals surface area (Å²) in [5.74, 6) is -14.3. The smallest absolute Gasteiger partial charge is 0.305 e. The van der Waals surface area contributed by atoms with Gasteiger partial charge in [-0.25, -0.2) is 4.98 Å². The van der Waals surface area contributed by atoms with Crippen molar-refractivity contribution in [1.29, 1.82) is 5.41 Å². The quantitative estimate of drug-likeness (QED) is 0.00995. The van der Waals surface area contributed by atoms with Gasteiger partial charge in [0.05, 0.1) is 25.2 Å². The number of phenolic OH excluding ortho intramolecular Hbond substituents is 2. The van der Waals surface area contributed by atoms with E-state index in [1.165, 1.54) is 68.0 Å². The molecule has 0 saturated carbocycles. The normalized spacial score (nSPS) is 14.0. The van der Waals surface area contributed by atoms with Gasteiger partial charge in [-0.1, -0.05) is 103 Å². The van der Waals surface area contributed by atoms with Gasteiger partial charge in [0, 0.05) is 74.2 Å². The molecule has 0 aliphatic heterocycles. The maximum absolute atomic E-state index is 15.1. The van der Waals surface area contributed by atoms with Crippen molar-refractivity contribution in [3.8, 4) is 11.5 Å². The molecule has 0 saturated heterocycles. The molecule has 36 heteroatoms. The number of rotatable bonds is 42. The lowest BCUT2D eigenvalue weighted by Crippen LogP contribution is -2.61. The molecule has 7 rings (SSSR count). The summed E-state index contributed by atoms with van der Waals surface area (Å²) < 4.78 is 0. The number of aliphatic carboxylic acids is 1. The predicted molar refractivity (Wildman–Crippen MR) is 395 cm³/mol. The highest BCUT2D eigenvalue weighted by molar-refractivity contribution is 6.01. The minimum Gasteiger partial charge on any atom is -0.508 e. The van der Waals surface area contributed by atoms with Crippen molar-refractivity contribution in [1.82, 2.24) is 73.4 Å². The third-order valence-corrected chi connectivity index (χ3v) is 17.2. The van der Waals surface area contributed by atoms with Crippen LogP contribution in [0.5, 0.6) is 11.5 Å². The number of nitrogens with one attached hydrogen (secondary N) is 14. The number of H-pyrrole nitrogens is 2. The molecule has 0 fully saturated rings. The Kier molecular flexibility index (Phi) is 31.1. The van der Waals surface area contributed by atoms with E-state index in [9.17, 15) is 68.1 Å². The first kappa shape index (κ1) is 83.0. The lowest BCUT2D eigenvalue weighted by molar-refractivity contribution is -0.141. The van der Waals surface area contributed by atoms with Crippen LogP contribution in [-0.2, 0) is 101 Å². The lowest BCUT2D eigenvalue weighted by Gasteiger charge is -2.28. The Balaban J connectivity index is 1.12. The van der Waals surface area contributed by atoms with E-state index < -0.39 is 169 Å². The number of primary amides is 2. The summed E-state index contributed by atoms with van der Waals surface area (Å²) in [6.45, 7) is 0.701. The number of phenols is 2. The zero-order valence-corrected chi connectivity index (χ0v) is 59.3. The molecule has 0 aliphatic rings. The molecule has 27 N–H and O–H groups in total. The van der Waals surface area contributed by atoms with E-state index in [1.807, 2.05) is 0 Å². The monoisotopic (exact) mass is 1500 g/mol. The summed E-state index contributed by atoms with van der Waals surface area (Å²) >= 11 is 0. The molecule has 109 heavy (non-hydrogen) atoms. The molecule has 0 unspecified atom stereocenters. The standard InChI is InChI=1S/C73H90N20O16/c1-39(63(100)87-53(29-40-11-4-2-5-12-40)68(105)93-59(35-74)72(109)86-52(62(77)99)28-43-20-24-47(95)25-21-43)84-66(103)57(33-60(76)96)92-69(106)55(31-44-36-82-50-16-9-8-15-48(44)50)90-65(102)51(17-10-26-81-73(78)79)85-67(104)54(30-41-13-6-3-7-14-41)89-70(107)56(32-45-37-80-38-83-45)91-71(108)58(34-61(97)98)88-64(101)49(75)27-42-18-22-46(94)23-19-42/h2-9,11-16,18-25,36-39,49,51-59,82,94-95H,10,17,26-35,74-75H2,1H3,(H2,76,96)(H2,77,99)(H,80,83)(H,84,103)(H,85,104)(H,86,109)(H,87,100)(H,88,101)(H,89,107)(H,90,102)(H,91,108)(H,92,106)(H,93,105)(H,97,98)(H4,78,79,81)/t39-,49-,51-,52-,53-,54+,55-,56-,57-,58-,59-/m0/s1. The van der Waals surface area contributed by atoms with E-state index in [0.717, 1.165) is 0 Å². The molecule has 0 bridgehead atoms. The number of para-hydroxylation sites is 1. The average molecular weight is 1500 g/mol. The number of aromatic nitrogens is 3. The van der Waals surface area contributed by atoms with Crippen molar-refractivity contribution >= 4 is 93.7 Å². The number of fused-ring (bicyclic) bond motifs is 1. The number of carboxylic acids is 1. The van der Waals surface area contributed by atoms with E-state index in [2.05, 4.69) is 73.4 Å². The van der Waals surface area contributed by atoms with Gasteiger partial charge in [-0.05, 0) is 84.3 Å². The molecule has 2 heterocycles. The number of imidazole rings is 1. The van der Waals surface area contributed by atoms with E-state index in [-0.39, 0.29) is 75.1 Å². The van der Waals surface area contributed by atoms with Crippen LogP contribution in [0.2, 0.25) is 0 Å². The molecule has 7 aromatic rings. The molecule has 36 nitrogen and oxygen atoms in total. The number of carbonyl (C=O) groups excluding carboxylic acids is 12. The van der Waals surface area contributed by atoms with Gasteiger partial charge in [0.2, 0.25) is 70.9 Å². The number of carboxylic acid groups (broad SMARTS) is 1. The Bertz CT molecular complexity index is 4320. The molecule has 2 aromatic heterocycles. The minimum absolute atomic E-state index is 0.0132. The summed E-state index contributed by atoms with van der Waals surface area (Å²) in [6.07, 6.45) is 0.793. The van der Waals surface area contributed by atoms with Gasteiger partial charge in [-0.2, -0.15) is 0 Å². The van der Waals surface area contributed by atoms with Gasteiger partial charge in [0.15, 0.2) is 5.96 Å². The van der Waals surface area contributed by atoms with Crippen molar-refractivity contribution < 1.29 is 77.6 Å². The summed E-state index contributed by atoms with van der Waals surface area (Å²) in [7, 11) is 0. The number of hydrogen-bond donors (Lipinski definition) is 22. The SMILES string of the molecule is C[C@H](NC(=O)[C@H](CC(N)=O)NC(=O)[C@H](Cc1c[nH]c2ccccc12)NC(=O)[C@H](CCCNC(=N)N)NC(=O)[C@@H](Cc1ccccc1)NC(=O)[C@H](Cc1cnc[nH]1)NC(=O)[C@H](CC(=O)O)NC(=O)[C@@H](N)Cc1ccc(O)cc1)C(=O)N[C@@H](Cc1ccccc1)C(=O)N[C@@H](CN)C(=O)N[C@@H](Cc1ccc(O)cc1)C(N)=O. The van der Waals surface area contributed by atoms with E-state index in [0.29, 0.717) is 38.7 Å². The highest BCUT2D eigenvalue weighted by atomic mass is 16.4. The number of nitrogens with two attached hydrogens (primary N) is 5. The first-order valence-corrected chi connectivity index (χ1v) is 34.5. The van der Waals surface area contributed by atoms with Crippen LogP contribution in [0.4, 0.5) is 0 Å². The first-order chi connectivity index (χ1) is 52.0. The van der Waals surface area contributed by atoms with E-state index in [1.54, 1.807) is 91.1 Å². The zero-order chi connectivity index (χ0) is 79.3. The molecule has 12 amide bonds. The van der Waals surface area contributed by atoms with Gasteiger partial charge >= 0.3 is 5.97 Å². The summed E-state index contributed by atoms with van der Waals surface area (Å²) in [4.78, 5) is 191. The number of nitrogens with zero attached hydrogens (tertiary/aromatic N) is 1. The zero-order valence-electron chi connectivity index (χ0n) is 59.3. The van der Waals surface area contributed by atoms with Crippen LogP contribution in [0.25, 0.3) is 10.9 Å². The number of aromatic hydroxyl groups is 2. The topological polar surface area (TPSA) is 613 Å². The van der Waals surface area contributed by atoms with Gasteiger partial charge in [-0.3, -0.25) is 67.7 Å². The first-order valence-electron chi connectivity index (χ1n) is 34.5. The number of amides is 12. The highest BCUT2D eigenvalue weighted by Gasteiger charge is 2.37. The second-order valence-electron chi connectivity index (χ2n) is 25.7. The Morgan fingerprint density at radius 1 is 0.459 bits per heavy atom. The third kappa shape index (κ3) is 26.7. The number of carbonyl (C=O) groups is 13. The van der Waals surface area contributed by atoms with Crippen molar-refractivity contribution in [2.75, 3.05) is 13.1 Å². The fourth-order valence-electron chi connectivity index (χ4n) is 11.4. The van der Waals surface area contributed by atoms with E-state index >= 15 is 9.59 Å². The highest BCUT2D eigenvalue weighted by Crippen LogP contribution is 2.21. The van der Waals surface area contributed by atoms with Crippen molar-refractivity contribution in [2.45, 2.75) is 138 Å². The Morgan fingerprint density at radius 3 is 1.40 bits per heavy atom. The van der Waals surface area contributed by atoms with Gasteiger partial charge in [-0.15, -0.1) is 0 Å². The largest absolute Gasteiger partial charge is 0.508 e. The molecule has 11 atom stereocenters. The lowest BCUT2D eigenvalue weighted by atomic mass is 10.0. The van der Waals surface area contributed by atoms with E-state index in [4.69, 9.17) is 34.1 Å². The van der Waals surface area contributed by atoms with Gasteiger partial charge in [0.25, 0.3) is 0 Å². The van der Waals surface area contributed by atoms with Crippen LogP contribution in [-0.4, -0.2) is 193 Å². The van der Waals surface area contributed by atoms with Crippen molar-refractivity contribution in [3.05, 3.63) is 186 Å². The second kappa shape index (κ2) is 40.9. The van der Waals surface area contributed by atoms with Crippen LogP contribution >= 0.6 is 0 Å². The Labute approximate surface area is 624 Å². The number of guanidine groups is 1. The Hall–Kier alpha value is -13.3. The maximum Gasteiger partial charge on any atom is 0.305 e. The number of hydrogen-bond acceptors (Lipinski definition) is 19. The van der Waals surface area contributed by atoms with Crippen molar-refractivity contribution in [3.63, 3.8) is 0 Å². The summed E-state index contributed by atoms with van der Waals surface area (Å²) in [5.41, 5.74) is 32.4. The Morgan fingerprint density at radius 2 is 0.881 bits per heavy atom. The van der Waals surface area contributed by atoms with Crippen LogP contribution in [0.1, 0.15) is 66.1 Å². The summed E-state index contributed by atoms with van der Waals surface area (Å²) in [5, 5.41) is 65.6. The maximum atomic E-state index is 15.1. The van der Waals surface area contributed by atoms with Crippen LogP contribution < -0.4 is 87.2 Å². The number of benzene rings is 5. The van der Waals surface area contributed by atoms with Crippen LogP contribution in [0.3, 0.4) is 0 Å². The minimum atomic E-state index is -1.87. The van der Waals surface area contributed by atoms with Gasteiger partial charge in [0.1, 0.15) is 71.9 Å². The van der Waals surface area contributed by atoms with Crippen LogP contribution in [0, 0.1) is 5.41 Å². The van der Waals surface area contributed by atoms with Crippen molar-refractivity contribution in [2.24, 2.45) is 28.7 Å².